The standard InChI is InChI=1S/C21H43NO2.H3N/c1-2-3-4-5-6-10-13-16-19-22-20-17-14-11-8-7-9-12-15-18-21(23)24;/h22H,2-20H2,1H3,(H,23,24);1H3. The zero-order valence-corrected chi connectivity index (χ0v) is 17.3. The average molecular weight is 359 g/mol. The van der Waals surface area contributed by atoms with Crippen molar-refractivity contribution in [2.75, 3.05) is 13.1 Å². The molecule has 5 N–H and O–H groups in total. The van der Waals surface area contributed by atoms with Gasteiger partial charge in [0.1, 0.15) is 0 Å². The van der Waals surface area contributed by atoms with Crippen molar-refractivity contribution in [1.82, 2.24) is 11.5 Å². The van der Waals surface area contributed by atoms with Crippen LogP contribution in [0.5, 0.6) is 0 Å². The highest BCUT2D eigenvalue weighted by Crippen LogP contribution is 2.10. The monoisotopic (exact) mass is 358 g/mol. The predicted molar refractivity (Wildman–Crippen MR) is 108 cm³/mol. The molecule has 152 valence electrons. The molecule has 0 atom stereocenters. The largest absolute Gasteiger partial charge is 0.550 e. The fourth-order valence-electron chi connectivity index (χ4n) is 3.09. The molecule has 0 heterocycles. The van der Waals surface area contributed by atoms with E-state index in [1.165, 1.54) is 103 Å². The van der Waals surface area contributed by atoms with Crippen LogP contribution in [0.4, 0.5) is 0 Å². The minimum Gasteiger partial charge on any atom is -0.550 e. The Balaban J connectivity index is 0. The van der Waals surface area contributed by atoms with E-state index in [9.17, 15) is 9.90 Å². The topological polar surface area (TPSA) is 88.7 Å². The molecule has 0 fully saturated rings. The van der Waals surface area contributed by atoms with Crippen molar-refractivity contribution >= 4 is 5.97 Å². The van der Waals surface area contributed by atoms with Crippen LogP contribution in [0.25, 0.3) is 0 Å². The van der Waals surface area contributed by atoms with Gasteiger partial charge in [-0.25, -0.2) is 0 Å². The molecule has 4 heteroatoms. The highest BCUT2D eigenvalue weighted by molar-refractivity contribution is 5.63. The molecule has 25 heavy (non-hydrogen) atoms. The number of carbonyl (C=O) groups excluding carboxylic acids is 1. The second-order valence-electron chi connectivity index (χ2n) is 7.18. The average Bonchev–Trinajstić information content (AvgIpc) is 2.56. The van der Waals surface area contributed by atoms with E-state index in [1.54, 1.807) is 0 Å². The van der Waals surface area contributed by atoms with Crippen LogP contribution in [0.2, 0.25) is 0 Å². The van der Waals surface area contributed by atoms with Crippen molar-refractivity contribution in [3.8, 4) is 0 Å². The second kappa shape index (κ2) is 23.4. The highest BCUT2D eigenvalue weighted by atomic mass is 16.4. The molecule has 0 aromatic rings. The first kappa shape index (κ1) is 26.6. The Labute approximate surface area is 157 Å². The van der Waals surface area contributed by atoms with Gasteiger partial charge in [-0.2, -0.15) is 0 Å². The number of nitrogens with one attached hydrogen (secondary N) is 1. The third-order valence-corrected chi connectivity index (χ3v) is 4.69. The molecule has 0 aromatic heterocycles. The molecule has 0 aliphatic heterocycles. The van der Waals surface area contributed by atoms with Gasteiger partial charge in [-0.3, -0.25) is 0 Å². The number of rotatable bonds is 20. The minimum atomic E-state index is -0.908. The van der Waals surface area contributed by atoms with Crippen LogP contribution in [0.1, 0.15) is 116 Å². The Morgan fingerprint density at radius 3 is 1.40 bits per heavy atom. The fourth-order valence-corrected chi connectivity index (χ4v) is 3.09. The quantitative estimate of drug-likeness (QED) is 0.287. The van der Waals surface area contributed by atoms with Gasteiger partial charge in [-0.15, -0.1) is 0 Å². The smallest absolute Gasteiger partial charge is 0.0414 e. The SMILES string of the molecule is CCCCCCCCCCNCCCCCCCCCCC(=O)[O-].[NH4+]. The summed E-state index contributed by atoms with van der Waals surface area (Å²) in [7, 11) is 0. The maximum atomic E-state index is 10.3. The van der Waals surface area contributed by atoms with Crippen LogP contribution in [0.3, 0.4) is 0 Å². The zero-order valence-electron chi connectivity index (χ0n) is 17.3. The van der Waals surface area contributed by atoms with Crippen molar-refractivity contribution in [3.63, 3.8) is 0 Å². The van der Waals surface area contributed by atoms with Crippen molar-refractivity contribution in [1.29, 1.82) is 0 Å². The van der Waals surface area contributed by atoms with Gasteiger partial charge in [0, 0.05) is 5.97 Å². The molecule has 0 saturated carbocycles. The molecule has 0 spiro atoms. The first-order valence-corrected chi connectivity index (χ1v) is 10.7. The van der Waals surface area contributed by atoms with Crippen LogP contribution in [-0.2, 0) is 4.79 Å². The van der Waals surface area contributed by atoms with Crippen molar-refractivity contribution < 1.29 is 9.90 Å². The van der Waals surface area contributed by atoms with Gasteiger partial charge < -0.3 is 21.4 Å². The van der Waals surface area contributed by atoms with Gasteiger partial charge in [0.15, 0.2) is 0 Å². The van der Waals surface area contributed by atoms with Crippen molar-refractivity contribution in [2.24, 2.45) is 0 Å². The summed E-state index contributed by atoms with van der Waals surface area (Å²) >= 11 is 0. The molecular weight excluding hydrogens is 312 g/mol. The van der Waals surface area contributed by atoms with Crippen molar-refractivity contribution in [3.05, 3.63) is 0 Å². The Hall–Kier alpha value is -0.610. The summed E-state index contributed by atoms with van der Waals surface area (Å²) in [5, 5.41) is 13.8. The van der Waals surface area contributed by atoms with Gasteiger partial charge in [-0.05, 0) is 38.8 Å². The Morgan fingerprint density at radius 1 is 0.640 bits per heavy atom. The molecule has 0 aliphatic carbocycles. The number of aliphatic carboxylic acids is 1. The molecule has 0 saturated heterocycles. The van der Waals surface area contributed by atoms with Crippen LogP contribution in [0, 0.1) is 0 Å². The van der Waals surface area contributed by atoms with E-state index in [1.807, 2.05) is 0 Å². The van der Waals surface area contributed by atoms with Crippen LogP contribution in [-0.4, -0.2) is 19.1 Å². The van der Waals surface area contributed by atoms with Gasteiger partial charge in [0.2, 0.25) is 0 Å². The predicted octanol–water partition coefficient (Wildman–Crippen LogP) is 5.35. The summed E-state index contributed by atoms with van der Waals surface area (Å²) in [6.07, 6.45) is 20.9. The molecule has 0 aromatic carbocycles. The molecule has 0 aliphatic rings. The minimum absolute atomic E-state index is 0. The number of hydrogen-bond donors (Lipinski definition) is 2. The molecule has 0 amide bonds. The van der Waals surface area contributed by atoms with Gasteiger partial charge >= 0.3 is 0 Å². The van der Waals surface area contributed by atoms with Crippen LogP contribution >= 0.6 is 0 Å². The van der Waals surface area contributed by atoms with E-state index in [4.69, 9.17) is 0 Å². The molecule has 0 bridgehead atoms. The zero-order chi connectivity index (χ0) is 17.7. The second-order valence-corrected chi connectivity index (χ2v) is 7.18. The maximum Gasteiger partial charge on any atom is 0.0414 e. The number of carboxylic acids is 1. The fraction of sp³-hybridized carbons (Fsp3) is 0.952. The summed E-state index contributed by atoms with van der Waals surface area (Å²) in [6.45, 7) is 4.63. The maximum absolute atomic E-state index is 10.3. The number of hydrogen-bond acceptors (Lipinski definition) is 3. The number of unbranched alkanes of at least 4 members (excludes halogenated alkanes) is 14. The van der Waals surface area contributed by atoms with Gasteiger partial charge in [0.05, 0.1) is 0 Å². The summed E-state index contributed by atoms with van der Waals surface area (Å²) in [4.78, 5) is 10.3. The van der Waals surface area contributed by atoms with E-state index >= 15 is 0 Å². The number of carbonyl (C=O) groups is 1. The van der Waals surface area contributed by atoms with E-state index in [0.717, 1.165) is 12.8 Å². The molecular formula is C21H46N2O2. The molecule has 0 rings (SSSR count). The molecule has 0 radical (unpaired) electrons. The first-order valence-electron chi connectivity index (χ1n) is 10.7. The van der Waals surface area contributed by atoms with Crippen molar-refractivity contribution in [2.45, 2.75) is 116 Å². The lowest BCUT2D eigenvalue weighted by Gasteiger charge is -2.05. The van der Waals surface area contributed by atoms with Crippen LogP contribution < -0.4 is 16.6 Å². The summed E-state index contributed by atoms with van der Waals surface area (Å²) in [6, 6.07) is 0. The third kappa shape index (κ3) is 25.7. The summed E-state index contributed by atoms with van der Waals surface area (Å²) in [5.74, 6) is -0.908. The lowest BCUT2D eigenvalue weighted by molar-refractivity contribution is -0.305. The lowest BCUT2D eigenvalue weighted by Crippen LogP contribution is -2.21. The van der Waals surface area contributed by atoms with Gasteiger partial charge in [0.25, 0.3) is 0 Å². The van der Waals surface area contributed by atoms with Crippen LogP contribution in [0.15, 0.2) is 0 Å². The highest BCUT2D eigenvalue weighted by Gasteiger charge is 1.94. The number of carboxylic acid groups (broad SMARTS) is 1. The third-order valence-electron chi connectivity index (χ3n) is 4.69. The Kier molecular flexibility index (Phi) is 24.9. The molecule has 4 nitrogen and oxygen atoms in total. The van der Waals surface area contributed by atoms with E-state index < -0.39 is 5.97 Å². The normalized spacial score (nSPS) is 10.6. The van der Waals surface area contributed by atoms with E-state index in [2.05, 4.69) is 12.2 Å². The Morgan fingerprint density at radius 2 is 1.00 bits per heavy atom. The lowest BCUT2D eigenvalue weighted by atomic mass is 10.1. The van der Waals surface area contributed by atoms with E-state index in [-0.39, 0.29) is 12.6 Å². The Bertz CT molecular complexity index is 260. The first-order chi connectivity index (χ1) is 11.8. The number of quaternary nitrogens is 1. The van der Waals surface area contributed by atoms with E-state index in [0.29, 0.717) is 0 Å². The summed E-state index contributed by atoms with van der Waals surface area (Å²) < 4.78 is 0. The molecule has 0 unspecified atom stereocenters. The van der Waals surface area contributed by atoms with Gasteiger partial charge in [-0.1, -0.05) is 90.4 Å². The summed E-state index contributed by atoms with van der Waals surface area (Å²) in [5.41, 5.74) is 0.